The summed E-state index contributed by atoms with van der Waals surface area (Å²) < 4.78 is 7.64. The van der Waals surface area contributed by atoms with Crippen molar-refractivity contribution in [2.45, 2.75) is 32.4 Å². The Morgan fingerprint density at radius 2 is 2.11 bits per heavy atom. The molecule has 0 bridgehead atoms. The van der Waals surface area contributed by atoms with Crippen LogP contribution in [0, 0.1) is 0 Å². The van der Waals surface area contributed by atoms with Crippen LogP contribution in [0.1, 0.15) is 0 Å². The largest absolute Gasteiger partial charge is 0.361 e. The third kappa shape index (κ3) is 3.54. The van der Waals surface area contributed by atoms with Crippen molar-refractivity contribution in [1.29, 1.82) is 0 Å². The molecule has 0 aromatic carbocycles. The highest BCUT2D eigenvalue weighted by molar-refractivity contribution is 6.76. The number of aromatic nitrogens is 3. The van der Waals surface area contributed by atoms with Crippen molar-refractivity contribution < 1.29 is 4.74 Å². The van der Waals surface area contributed by atoms with Gasteiger partial charge in [0.15, 0.2) is 5.65 Å². The summed E-state index contributed by atoms with van der Waals surface area (Å²) in [7, 11) is -1.02. The maximum Gasteiger partial charge on any atom is 0.179 e. The van der Waals surface area contributed by atoms with Gasteiger partial charge in [0.2, 0.25) is 0 Å². The third-order valence-electron chi connectivity index (χ3n) is 2.68. The molecule has 0 amide bonds. The maximum atomic E-state index is 5.82. The van der Waals surface area contributed by atoms with Gasteiger partial charge in [0, 0.05) is 14.7 Å². The summed E-state index contributed by atoms with van der Waals surface area (Å²) in [5.74, 6) is 0. The molecule has 2 aromatic heterocycles. The van der Waals surface area contributed by atoms with Crippen LogP contribution < -0.4 is 0 Å². The molecule has 0 aliphatic rings. The van der Waals surface area contributed by atoms with Gasteiger partial charge in [-0.05, 0) is 18.2 Å². The van der Waals surface area contributed by atoms with Crippen LogP contribution >= 0.6 is 11.6 Å². The van der Waals surface area contributed by atoms with E-state index in [4.69, 9.17) is 16.3 Å². The zero-order valence-corrected chi connectivity index (χ0v) is 12.7. The van der Waals surface area contributed by atoms with E-state index >= 15 is 0 Å². The molecule has 0 saturated carbocycles. The van der Waals surface area contributed by atoms with E-state index in [1.165, 1.54) is 6.04 Å². The van der Waals surface area contributed by atoms with E-state index < -0.39 is 8.07 Å². The molecule has 0 atom stereocenters. The summed E-state index contributed by atoms with van der Waals surface area (Å²) in [5.41, 5.74) is 1.61. The number of hydrogen-bond donors (Lipinski definition) is 0. The summed E-state index contributed by atoms with van der Waals surface area (Å²) in [4.78, 5) is 8.35. The molecule has 18 heavy (non-hydrogen) atoms. The van der Waals surface area contributed by atoms with Crippen molar-refractivity contribution in [3.63, 3.8) is 0 Å². The van der Waals surface area contributed by atoms with Crippen molar-refractivity contribution in [2.75, 3.05) is 6.61 Å². The zero-order chi connectivity index (χ0) is 13.2. The lowest BCUT2D eigenvalue weighted by Gasteiger charge is -2.15. The van der Waals surface area contributed by atoms with Gasteiger partial charge >= 0.3 is 0 Å². The Morgan fingerprint density at radius 1 is 1.33 bits per heavy atom. The number of imidazole rings is 1. The third-order valence-corrected chi connectivity index (χ3v) is 4.59. The molecule has 98 valence electrons. The van der Waals surface area contributed by atoms with Crippen LogP contribution in [0.15, 0.2) is 18.5 Å². The number of nitrogens with zero attached hydrogens (tertiary/aromatic N) is 3. The quantitative estimate of drug-likeness (QED) is 0.480. The van der Waals surface area contributed by atoms with Gasteiger partial charge in [-0.3, -0.25) is 0 Å². The number of ether oxygens (including phenoxy) is 1. The molecule has 2 rings (SSSR count). The van der Waals surface area contributed by atoms with Crippen LogP contribution in [0.2, 0.25) is 30.8 Å². The van der Waals surface area contributed by atoms with Gasteiger partial charge in [-0.2, -0.15) is 0 Å². The number of fused-ring (bicyclic) bond motifs is 1. The Bertz CT molecular complexity index is 536. The fourth-order valence-electron chi connectivity index (χ4n) is 1.57. The first-order valence-electron chi connectivity index (χ1n) is 6.01. The summed E-state index contributed by atoms with van der Waals surface area (Å²) in [6, 6.07) is 4.85. The lowest BCUT2D eigenvalue weighted by Crippen LogP contribution is -2.21. The molecular weight excluding hydrogens is 266 g/mol. The minimum atomic E-state index is -1.02. The highest BCUT2D eigenvalue weighted by Gasteiger charge is 2.12. The molecule has 0 aliphatic heterocycles. The highest BCUT2D eigenvalue weighted by Crippen LogP contribution is 2.14. The number of pyridine rings is 1. The smallest absolute Gasteiger partial charge is 0.179 e. The summed E-state index contributed by atoms with van der Waals surface area (Å²) >= 11 is 5.82. The van der Waals surface area contributed by atoms with E-state index in [0.717, 1.165) is 12.1 Å². The maximum absolute atomic E-state index is 5.82. The Kier molecular flexibility index (Phi) is 4.04. The zero-order valence-electron chi connectivity index (χ0n) is 11.0. The first-order valence-corrected chi connectivity index (χ1v) is 10.1. The van der Waals surface area contributed by atoms with Gasteiger partial charge in [0.25, 0.3) is 0 Å². The lowest BCUT2D eigenvalue weighted by molar-refractivity contribution is 0.0898. The first kappa shape index (κ1) is 13.5. The predicted octanol–water partition coefficient (Wildman–Crippen LogP) is 3.40. The average Bonchev–Trinajstić information content (AvgIpc) is 2.65. The van der Waals surface area contributed by atoms with Gasteiger partial charge in [-0.25, -0.2) is 9.97 Å². The topological polar surface area (TPSA) is 39.9 Å². The molecule has 0 radical (unpaired) electrons. The fraction of sp³-hybridized carbons (Fsp3) is 0.500. The Morgan fingerprint density at radius 3 is 2.83 bits per heavy atom. The Hall–Kier alpha value is -0.913. The molecule has 4 nitrogen and oxygen atoms in total. The van der Waals surface area contributed by atoms with Gasteiger partial charge in [-0.15, -0.1) is 0 Å². The molecule has 2 aromatic rings. The minimum Gasteiger partial charge on any atom is -0.361 e. The van der Waals surface area contributed by atoms with Gasteiger partial charge < -0.3 is 9.30 Å². The van der Waals surface area contributed by atoms with E-state index in [0.29, 0.717) is 17.5 Å². The molecular formula is C12H18ClN3OSi. The van der Waals surface area contributed by atoms with E-state index in [2.05, 4.69) is 29.6 Å². The normalized spacial score (nSPS) is 12.2. The van der Waals surface area contributed by atoms with Crippen LogP contribution in [0.25, 0.3) is 11.2 Å². The monoisotopic (exact) mass is 283 g/mol. The van der Waals surface area contributed by atoms with E-state index in [9.17, 15) is 0 Å². The van der Waals surface area contributed by atoms with Crippen LogP contribution in [0.5, 0.6) is 0 Å². The van der Waals surface area contributed by atoms with Crippen molar-refractivity contribution in [3.05, 3.63) is 23.6 Å². The molecule has 0 aliphatic carbocycles. The Labute approximate surface area is 113 Å². The van der Waals surface area contributed by atoms with Crippen LogP contribution in [0.4, 0.5) is 0 Å². The molecule has 6 heteroatoms. The SMILES string of the molecule is C[Si](C)(C)CCOCn1cnc2nc(Cl)ccc21. The van der Waals surface area contributed by atoms with Crippen molar-refractivity contribution in [1.82, 2.24) is 14.5 Å². The van der Waals surface area contributed by atoms with E-state index in [1.807, 2.05) is 10.6 Å². The molecule has 0 saturated heterocycles. The first-order chi connectivity index (χ1) is 8.46. The van der Waals surface area contributed by atoms with Crippen LogP contribution in [-0.4, -0.2) is 29.2 Å². The summed E-state index contributed by atoms with van der Waals surface area (Å²) in [5, 5.41) is 0.465. The predicted molar refractivity (Wildman–Crippen MR) is 76.6 cm³/mol. The standard InChI is InChI=1S/C12H18ClN3OSi/c1-18(2,3)7-6-17-9-16-8-14-12-10(16)4-5-11(13)15-12/h4-5,8H,6-7,9H2,1-3H3. The second-order valence-electron chi connectivity index (χ2n) is 5.54. The molecule has 0 N–H and O–H groups in total. The second kappa shape index (κ2) is 5.38. The molecule has 0 unspecified atom stereocenters. The van der Waals surface area contributed by atoms with E-state index in [1.54, 1.807) is 12.4 Å². The van der Waals surface area contributed by atoms with E-state index in [-0.39, 0.29) is 0 Å². The van der Waals surface area contributed by atoms with Crippen LogP contribution in [-0.2, 0) is 11.5 Å². The van der Waals surface area contributed by atoms with Gasteiger partial charge in [0.05, 0.1) is 11.8 Å². The molecule has 2 heterocycles. The fourth-order valence-corrected chi connectivity index (χ4v) is 2.47. The van der Waals surface area contributed by atoms with Gasteiger partial charge in [0.1, 0.15) is 11.9 Å². The lowest BCUT2D eigenvalue weighted by atomic mass is 10.4. The minimum absolute atomic E-state index is 0.465. The van der Waals surface area contributed by atoms with Gasteiger partial charge in [-0.1, -0.05) is 31.2 Å². The molecule has 0 fully saturated rings. The number of rotatable bonds is 5. The van der Waals surface area contributed by atoms with Crippen molar-refractivity contribution >= 4 is 30.8 Å². The summed E-state index contributed by atoms with van der Waals surface area (Å²) in [6.07, 6.45) is 1.74. The number of halogens is 1. The Balaban J connectivity index is 1.96. The molecule has 0 spiro atoms. The van der Waals surface area contributed by atoms with Crippen molar-refractivity contribution in [3.8, 4) is 0 Å². The summed E-state index contributed by atoms with van der Waals surface area (Å²) in [6.45, 7) is 8.35. The average molecular weight is 284 g/mol. The highest BCUT2D eigenvalue weighted by atomic mass is 35.5. The second-order valence-corrected chi connectivity index (χ2v) is 11.5. The van der Waals surface area contributed by atoms with Crippen LogP contribution in [0.3, 0.4) is 0 Å². The van der Waals surface area contributed by atoms with Crippen molar-refractivity contribution in [2.24, 2.45) is 0 Å². The number of hydrogen-bond acceptors (Lipinski definition) is 3.